The summed E-state index contributed by atoms with van der Waals surface area (Å²) in [5, 5.41) is 3.31. The highest BCUT2D eigenvalue weighted by Crippen LogP contribution is 2.27. The van der Waals surface area contributed by atoms with E-state index in [0.717, 1.165) is 0 Å². The van der Waals surface area contributed by atoms with E-state index < -0.39 is 0 Å². The van der Waals surface area contributed by atoms with Gasteiger partial charge < -0.3 is 5.32 Å². The number of thioether (sulfide) groups is 1. The molecule has 1 aromatic heterocycles. The number of carbonyl (C=O) groups is 1. The molecule has 2 aromatic rings. The van der Waals surface area contributed by atoms with Crippen molar-refractivity contribution >= 4 is 35.1 Å². The molecule has 1 N–H and O–H groups in total. The molecule has 0 saturated carbocycles. The molecular weight excluding hydrogens is 304 g/mol. The number of pyridine rings is 1. The van der Waals surface area contributed by atoms with Gasteiger partial charge in [0.15, 0.2) is 0 Å². The summed E-state index contributed by atoms with van der Waals surface area (Å²) in [5.41, 5.74) is 3.65. The van der Waals surface area contributed by atoms with Crippen molar-refractivity contribution in [2.24, 2.45) is 0 Å². The molecule has 21 heavy (non-hydrogen) atoms. The van der Waals surface area contributed by atoms with Crippen molar-refractivity contribution < 1.29 is 4.79 Å². The van der Waals surface area contributed by atoms with Gasteiger partial charge in [-0.2, -0.15) is 0 Å². The van der Waals surface area contributed by atoms with Gasteiger partial charge in [-0.25, -0.2) is 4.98 Å². The number of hydrogen-bond acceptors (Lipinski definition) is 3. The summed E-state index contributed by atoms with van der Waals surface area (Å²) in [4.78, 5) is 17.2. The SMILES string of the molecule is Cc1cc(C)c(SCC(=O)Nc2ccc(Cl)cn2)c(C)c1. The number of nitrogens with zero attached hydrogens (tertiary/aromatic N) is 1. The van der Waals surface area contributed by atoms with E-state index in [1.807, 2.05) is 0 Å². The lowest BCUT2D eigenvalue weighted by Crippen LogP contribution is -2.15. The fourth-order valence-electron chi connectivity index (χ4n) is 2.16. The van der Waals surface area contributed by atoms with Crippen LogP contribution in [0.5, 0.6) is 0 Å². The second-order valence-electron chi connectivity index (χ2n) is 4.93. The number of hydrogen-bond donors (Lipinski definition) is 1. The lowest BCUT2D eigenvalue weighted by Gasteiger charge is -2.10. The Morgan fingerprint density at radius 2 is 1.90 bits per heavy atom. The van der Waals surface area contributed by atoms with Crippen LogP contribution in [0.1, 0.15) is 16.7 Å². The fourth-order valence-corrected chi connectivity index (χ4v) is 3.19. The van der Waals surface area contributed by atoms with Gasteiger partial charge >= 0.3 is 0 Å². The van der Waals surface area contributed by atoms with Crippen molar-refractivity contribution in [1.29, 1.82) is 0 Å². The van der Waals surface area contributed by atoms with E-state index in [1.165, 1.54) is 27.8 Å². The minimum absolute atomic E-state index is 0.0748. The predicted octanol–water partition coefficient (Wildman–Crippen LogP) is 4.39. The maximum absolute atomic E-state index is 12.0. The third kappa shape index (κ3) is 4.48. The molecule has 0 bridgehead atoms. The maximum atomic E-state index is 12.0. The Morgan fingerprint density at radius 1 is 1.24 bits per heavy atom. The molecule has 0 saturated heterocycles. The molecule has 0 atom stereocenters. The zero-order valence-corrected chi connectivity index (χ0v) is 13.8. The average Bonchev–Trinajstić information content (AvgIpc) is 2.40. The number of benzene rings is 1. The van der Waals surface area contributed by atoms with Gasteiger partial charge in [-0.1, -0.05) is 29.3 Å². The Bertz CT molecular complexity index is 633. The molecular formula is C16H17ClN2OS. The molecule has 0 aliphatic carbocycles. The van der Waals surface area contributed by atoms with Gasteiger partial charge in [0.05, 0.1) is 10.8 Å². The zero-order chi connectivity index (χ0) is 15.4. The normalized spacial score (nSPS) is 10.5. The third-order valence-electron chi connectivity index (χ3n) is 2.95. The summed E-state index contributed by atoms with van der Waals surface area (Å²) < 4.78 is 0. The van der Waals surface area contributed by atoms with E-state index in [0.29, 0.717) is 16.6 Å². The van der Waals surface area contributed by atoms with Crippen LogP contribution >= 0.6 is 23.4 Å². The van der Waals surface area contributed by atoms with Gasteiger partial charge in [-0.05, 0) is 44.0 Å². The number of nitrogens with one attached hydrogen (secondary N) is 1. The van der Waals surface area contributed by atoms with E-state index in [2.05, 4.69) is 43.2 Å². The first-order valence-electron chi connectivity index (χ1n) is 6.58. The number of aromatic nitrogens is 1. The van der Waals surface area contributed by atoms with Crippen LogP contribution in [0, 0.1) is 20.8 Å². The summed E-state index contributed by atoms with van der Waals surface area (Å²) >= 11 is 7.30. The van der Waals surface area contributed by atoms with Crippen LogP contribution in [0.3, 0.4) is 0 Å². The molecule has 2 rings (SSSR count). The summed E-state index contributed by atoms with van der Waals surface area (Å²) in [5.74, 6) is 0.797. The number of amides is 1. The van der Waals surface area contributed by atoms with E-state index in [4.69, 9.17) is 11.6 Å². The highest BCUT2D eigenvalue weighted by Gasteiger charge is 2.09. The standard InChI is InChI=1S/C16H17ClN2OS/c1-10-6-11(2)16(12(3)7-10)21-9-15(20)19-14-5-4-13(17)8-18-14/h4-8H,9H2,1-3H3,(H,18,19,20). The van der Waals surface area contributed by atoms with Gasteiger partial charge in [-0.3, -0.25) is 4.79 Å². The molecule has 0 aliphatic heterocycles. The second kappa shape index (κ2) is 6.96. The topological polar surface area (TPSA) is 42.0 Å². The van der Waals surface area contributed by atoms with Crippen LogP contribution < -0.4 is 5.32 Å². The lowest BCUT2D eigenvalue weighted by atomic mass is 10.1. The molecule has 3 nitrogen and oxygen atoms in total. The predicted molar refractivity (Wildman–Crippen MR) is 89.3 cm³/mol. The molecule has 0 unspecified atom stereocenters. The highest BCUT2D eigenvalue weighted by molar-refractivity contribution is 8.00. The smallest absolute Gasteiger partial charge is 0.235 e. The minimum atomic E-state index is -0.0748. The number of aryl methyl sites for hydroxylation is 3. The summed E-state index contributed by atoms with van der Waals surface area (Å²) in [6, 6.07) is 7.65. The highest BCUT2D eigenvalue weighted by atomic mass is 35.5. The largest absolute Gasteiger partial charge is 0.310 e. The van der Waals surface area contributed by atoms with Crippen molar-refractivity contribution in [3.8, 4) is 0 Å². The zero-order valence-electron chi connectivity index (χ0n) is 12.2. The molecule has 5 heteroatoms. The fraction of sp³-hybridized carbons (Fsp3) is 0.250. The van der Waals surface area contributed by atoms with Gasteiger partial charge in [0, 0.05) is 11.1 Å². The van der Waals surface area contributed by atoms with Crippen LogP contribution in [0.2, 0.25) is 5.02 Å². The Hall–Kier alpha value is -1.52. The number of carbonyl (C=O) groups excluding carboxylic acids is 1. The molecule has 110 valence electrons. The van der Waals surface area contributed by atoms with Crippen LogP contribution in [0.25, 0.3) is 0 Å². The van der Waals surface area contributed by atoms with Crippen LogP contribution in [0.4, 0.5) is 5.82 Å². The van der Waals surface area contributed by atoms with Crippen LogP contribution in [-0.4, -0.2) is 16.6 Å². The number of rotatable bonds is 4. The van der Waals surface area contributed by atoms with Gasteiger partial charge in [0.1, 0.15) is 5.82 Å². The average molecular weight is 321 g/mol. The van der Waals surface area contributed by atoms with Crippen molar-refractivity contribution in [2.45, 2.75) is 25.7 Å². The summed E-state index contributed by atoms with van der Waals surface area (Å²) in [7, 11) is 0. The Morgan fingerprint density at radius 3 is 2.48 bits per heavy atom. The maximum Gasteiger partial charge on any atom is 0.235 e. The number of halogens is 1. The first-order chi connectivity index (χ1) is 9.95. The molecule has 0 spiro atoms. The lowest BCUT2D eigenvalue weighted by molar-refractivity contribution is -0.113. The van der Waals surface area contributed by atoms with Crippen molar-refractivity contribution in [3.63, 3.8) is 0 Å². The van der Waals surface area contributed by atoms with Crippen LogP contribution in [0.15, 0.2) is 35.4 Å². The van der Waals surface area contributed by atoms with E-state index in [9.17, 15) is 4.79 Å². The summed E-state index contributed by atoms with van der Waals surface area (Å²) in [6.07, 6.45) is 1.51. The summed E-state index contributed by atoms with van der Waals surface area (Å²) in [6.45, 7) is 6.22. The molecule has 0 fully saturated rings. The first kappa shape index (κ1) is 15.9. The van der Waals surface area contributed by atoms with E-state index in [1.54, 1.807) is 23.9 Å². The van der Waals surface area contributed by atoms with Crippen molar-refractivity contribution in [1.82, 2.24) is 4.98 Å². The quantitative estimate of drug-likeness (QED) is 0.849. The Balaban J connectivity index is 1.97. The van der Waals surface area contributed by atoms with E-state index >= 15 is 0 Å². The number of anilines is 1. The minimum Gasteiger partial charge on any atom is -0.310 e. The van der Waals surface area contributed by atoms with Crippen LogP contribution in [-0.2, 0) is 4.79 Å². The molecule has 1 aromatic carbocycles. The van der Waals surface area contributed by atoms with E-state index in [-0.39, 0.29) is 5.91 Å². The molecule has 1 heterocycles. The Kier molecular flexibility index (Phi) is 5.26. The first-order valence-corrected chi connectivity index (χ1v) is 7.94. The second-order valence-corrected chi connectivity index (χ2v) is 6.35. The van der Waals surface area contributed by atoms with Crippen molar-refractivity contribution in [2.75, 3.05) is 11.1 Å². The molecule has 0 aliphatic rings. The molecule has 0 radical (unpaired) electrons. The third-order valence-corrected chi connectivity index (χ3v) is 4.51. The molecule has 1 amide bonds. The Labute approximate surface area is 134 Å². The van der Waals surface area contributed by atoms with Gasteiger partial charge in [0.25, 0.3) is 0 Å². The van der Waals surface area contributed by atoms with Gasteiger partial charge in [0.2, 0.25) is 5.91 Å². The monoisotopic (exact) mass is 320 g/mol. The van der Waals surface area contributed by atoms with Gasteiger partial charge in [-0.15, -0.1) is 11.8 Å². The van der Waals surface area contributed by atoms with Crippen molar-refractivity contribution in [3.05, 3.63) is 52.2 Å².